The topological polar surface area (TPSA) is 38.9 Å². The zero-order valence-corrected chi connectivity index (χ0v) is 8.27. The highest BCUT2D eigenvalue weighted by molar-refractivity contribution is 7.99. The predicted molar refractivity (Wildman–Crippen MR) is 53.2 cm³/mol. The molecule has 0 aliphatic heterocycles. The molecular weight excluding hydrogens is 168 g/mol. The Morgan fingerprint density at radius 1 is 1.50 bits per heavy atom. The average Bonchev–Trinajstić information content (AvgIpc) is 2.02. The number of hydrogen-bond donors (Lipinski definition) is 1. The molecule has 2 nitrogen and oxygen atoms in total. The molecule has 0 fully saturated rings. The molecule has 0 bridgehead atoms. The summed E-state index contributed by atoms with van der Waals surface area (Å²) in [5.74, 6) is 0.893. The Morgan fingerprint density at radius 2 is 2.25 bits per heavy atom. The molecular formula is C9H14N2S. The van der Waals surface area contributed by atoms with Crippen LogP contribution in [0.1, 0.15) is 13.8 Å². The Labute approximate surface area is 77.6 Å². The largest absolute Gasteiger partial charge is 0.325 e. The van der Waals surface area contributed by atoms with Crippen molar-refractivity contribution < 1.29 is 0 Å². The fourth-order valence-corrected chi connectivity index (χ4v) is 1.52. The predicted octanol–water partition coefficient (Wildman–Crippen LogP) is 1.91. The smallest absolute Gasteiger partial charge is 0.0960 e. The second-order valence-corrected chi connectivity index (χ2v) is 4.44. The summed E-state index contributed by atoms with van der Waals surface area (Å²) in [6.07, 6.45) is 1.80. The van der Waals surface area contributed by atoms with E-state index in [1.807, 2.05) is 32.0 Å². The second-order valence-electron chi connectivity index (χ2n) is 3.45. The highest BCUT2D eigenvalue weighted by Gasteiger charge is 2.10. The van der Waals surface area contributed by atoms with E-state index in [9.17, 15) is 0 Å². The lowest BCUT2D eigenvalue weighted by molar-refractivity contribution is 0.591. The Kier molecular flexibility index (Phi) is 3.12. The molecule has 0 aliphatic rings. The summed E-state index contributed by atoms with van der Waals surface area (Å²) < 4.78 is 0. The van der Waals surface area contributed by atoms with Gasteiger partial charge in [0, 0.05) is 17.5 Å². The van der Waals surface area contributed by atoms with Crippen LogP contribution in [0.4, 0.5) is 0 Å². The van der Waals surface area contributed by atoms with E-state index in [1.165, 1.54) is 0 Å². The molecule has 12 heavy (non-hydrogen) atoms. The van der Waals surface area contributed by atoms with Gasteiger partial charge in [-0.15, -0.1) is 11.8 Å². The molecule has 0 saturated heterocycles. The van der Waals surface area contributed by atoms with E-state index in [2.05, 4.69) is 4.98 Å². The number of pyridine rings is 1. The van der Waals surface area contributed by atoms with Crippen LogP contribution in [0.25, 0.3) is 0 Å². The molecule has 0 amide bonds. The monoisotopic (exact) mass is 182 g/mol. The van der Waals surface area contributed by atoms with Crippen molar-refractivity contribution in [3.63, 3.8) is 0 Å². The van der Waals surface area contributed by atoms with Crippen LogP contribution in [-0.2, 0) is 0 Å². The molecule has 66 valence electrons. The molecule has 0 aromatic carbocycles. The Hall–Kier alpha value is -0.540. The van der Waals surface area contributed by atoms with Gasteiger partial charge in [0.15, 0.2) is 0 Å². The number of thioether (sulfide) groups is 1. The van der Waals surface area contributed by atoms with Crippen LogP contribution in [0.2, 0.25) is 0 Å². The van der Waals surface area contributed by atoms with E-state index < -0.39 is 0 Å². The van der Waals surface area contributed by atoms with Gasteiger partial charge in [-0.3, -0.25) is 0 Å². The number of hydrogen-bond acceptors (Lipinski definition) is 3. The molecule has 0 radical (unpaired) electrons. The molecule has 1 rings (SSSR count). The minimum Gasteiger partial charge on any atom is -0.325 e. The van der Waals surface area contributed by atoms with Gasteiger partial charge in [-0.2, -0.15) is 0 Å². The molecule has 1 heterocycles. The van der Waals surface area contributed by atoms with Crippen molar-refractivity contribution in [3.8, 4) is 0 Å². The fraction of sp³-hybridized carbons (Fsp3) is 0.444. The molecule has 3 heteroatoms. The van der Waals surface area contributed by atoms with Crippen molar-refractivity contribution in [1.29, 1.82) is 0 Å². The normalized spacial score (nSPS) is 11.6. The van der Waals surface area contributed by atoms with Gasteiger partial charge in [0.2, 0.25) is 0 Å². The quantitative estimate of drug-likeness (QED) is 0.726. The minimum atomic E-state index is -0.123. The Bertz CT molecular complexity index is 228. The number of nitrogens with two attached hydrogens (primary N) is 1. The van der Waals surface area contributed by atoms with Crippen molar-refractivity contribution in [1.82, 2.24) is 4.98 Å². The van der Waals surface area contributed by atoms with Crippen molar-refractivity contribution in [2.45, 2.75) is 24.4 Å². The summed E-state index contributed by atoms with van der Waals surface area (Å²) in [6, 6.07) is 5.90. The van der Waals surface area contributed by atoms with E-state index in [-0.39, 0.29) is 5.54 Å². The zero-order chi connectivity index (χ0) is 9.03. The van der Waals surface area contributed by atoms with Crippen LogP contribution in [-0.4, -0.2) is 16.3 Å². The highest BCUT2D eigenvalue weighted by Crippen LogP contribution is 2.18. The molecule has 2 N–H and O–H groups in total. The first kappa shape index (κ1) is 9.55. The Morgan fingerprint density at radius 3 is 2.75 bits per heavy atom. The van der Waals surface area contributed by atoms with Gasteiger partial charge in [0.25, 0.3) is 0 Å². The number of nitrogens with zero attached hydrogens (tertiary/aromatic N) is 1. The van der Waals surface area contributed by atoms with Gasteiger partial charge in [0.1, 0.15) is 0 Å². The molecule has 0 spiro atoms. The van der Waals surface area contributed by atoms with E-state index in [0.29, 0.717) is 0 Å². The van der Waals surface area contributed by atoms with Gasteiger partial charge in [0.05, 0.1) is 5.03 Å². The van der Waals surface area contributed by atoms with E-state index in [4.69, 9.17) is 5.73 Å². The van der Waals surface area contributed by atoms with Crippen LogP contribution in [0.15, 0.2) is 29.4 Å². The van der Waals surface area contributed by atoms with Gasteiger partial charge >= 0.3 is 0 Å². The van der Waals surface area contributed by atoms with Crippen molar-refractivity contribution >= 4 is 11.8 Å². The zero-order valence-electron chi connectivity index (χ0n) is 7.45. The van der Waals surface area contributed by atoms with Gasteiger partial charge < -0.3 is 5.73 Å². The summed E-state index contributed by atoms with van der Waals surface area (Å²) >= 11 is 1.69. The van der Waals surface area contributed by atoms with Crippen molar-refractivity contribution in [2.24, 2.45) is 5.73 Å². The van der Waals surface area contributed by atoms with Crippen LogP contribution in [0.3, 0.4) is 0 Å². The lowest BCUT2D eigenvalue weighted by Gasteiger charge is -2.16. The molecule has 0 unspecified atom stereocenters. The summed E-state index contributed by atoms with van der Waals surface area (Å²) in [7, 11) is 0. The number of aromatic nitrogens is 1. The summed E-state index contributed by atoms with van der Waals surface area (Å²) in [5.41, 5.74) is 5.71. The maximum Gasteiger partial charge on any atom is 0.0960 e. The Balaban J connectivity index is 2.44. The summed E-state index contributed by atoms with van der Waals surface area (Å²) in [6.45, 7) is 4.03. The van der Waals surface area contributed by atoms with E-state index in [0.717, 1.165) is 10.8 Å². The van der Waals surface area contributed by atoms with Gasteiger partial charge in [-0.05, 0) is 26.0 Å². The maximum absolute atomic E-state index is 5.83. The fourth-order valence-electron chi connectivity index (χ4n) is 0.692. The third kappa shape index (κ3) is 3.74. The molecule has 0 saturated carbocycles. The average molecular weight is 182 g/mol. The highest BCUT2D eigenvalue weighted by atomic mass is 32.2. The third-order valence-electron chi connectivity index (χ3n) is 1.23. The minimum absolute atomic E-state index is 0.123. The first-order chi connectivity index (χ1) is 5.58. The molecule has 1 aromatic heterocycles. The molecule has 0 aliphatic carbocycles. The molecule has 0 atom stereocenters. The standard InChI is InChI=1S/C9H14N2S/c1-9(2,10)7-12-8-5-3-4-6-11-8/h3-6H,7,10H2,1-2H3. The summed E-state index contributed by atoms with van der Waals surface area (Å²) in [4.78, 5) is 4.19. The maximum atomic E-state index is 5.83. The lowest BCUT2D eigenvalue weighted by atomic mass is 10.1. The first-order valence-electron chi connectivity index (χ1n) is 3.91. The first-order valence-corrected chi connectivity index (χ1v) is 4.89. The summed E-state index contributed by atoms with van der Waals surface area (Å²) in [5, 5.41) is 1.04. The van der Waals surface area contributed by atoms with Crippen molar-refractivity contribution in [2.75, 3.05) is 5.75 Å². The lowest BCUT2D eigenvalue weighted by Crippen LogP contribution is -2.34. The second kappa shape index (κ2) is 3.92. The van der Waals surface area contributed by atoms with Crippen LogP contribution < -0.4 is 5.73 Å². The number of rotatable bonds is 3. The van der Waals surface area contributed by atoms with E-state index in [1.54, 1.807) is 18.0 Å². The molecule has 1 aromatic rings. The van der Waals surface area contributed by atoms with Crippen LogP contribution in [0, 0.1) is 0 Å². The van der Waals surface area contributed by atoms with Crippen LogP contribution in [0.5, 0.6) is 0 Å². The third-order valence-corrected chi connectivity index (χ3v) is 2.66. The van der Waals surface area contributed by atoms with Crippen molar-refractivity contribution in [3.05, 3.63) is 24.4 Å². The SMILES string of the molecule is CC(C)(N)CSc1ccccn1. The van der Waals surface area contributed by atoms with Gasteiger partial charge in [-0.1, -0.05) is 6.07 Å². The van der Waals surface area contributed by atoms with Gasteiger partial charge in [-0.25, -0.2) is 4.98 Å². The van der Waals surface area contributed by atoms with Crippen LogP contribution >= 0.6 is 11.8 Å². The van der Waals surface area contributed by atoms with E-state index >= 15 is 0 Å².